The van der Waals surface area contributed by atoms with Gasteiger partial charge in [0.15, 0.2) is 5.78 Å². The molecule has 2 rings (SSSR count). The lowest BCUT2D eigenvalue weighted by Crippen LogP contribution is -2.26. The molecule has 0 amide bonds. The first-order chi connectivity index (χ1) is 5.70. The maximum atomic E-state index is 11.5. The first kappa shape index (κ1) is 7.80. The van der Waals surface area contributed by atoms with E-state index in [4.69, 9.17) is 10.5 Å². The van der Waals surface area contributed by atoms with Crippen molar-refractivity contribution in [1.29, 1.82) is 0 Å². The van der Waals surface area contributed by atoms with Crippen LogP contribution in [0, 0.1) is 0 Å². The number of Topliss-reactive ketones (excluding diaryl/α,β-unsaturated/α-hetero) is 1. The fourth-order valence-electron chi connectivity index (χ4n) is 1.36. The quantitative estimate of drug-likeness (QED) is 0.674. The summed E-state index contributed by atoms with van der Waals surface area (Å²) in [4.78, 5) is 11.5. The first-order valence-electron chi connectivity index (χ1n) is 4.32. The van der Waals surface area contributed by atoms with Crippen molar-refractivity contribution in [2.45, 2.75) is 31.2 Å². The van der Waals surface area contributed by atoms with Crippen LogP contribution in [-0.2, 0) is 9.53 Å². The minimum atomic E-state index is -0.166. The molecule has 2 N–H and O–H groups in total. The second-order valence-electron chi connectivity index (χ2n) is 3.73. The average molecular weight is 167 g/mol. The van der Waals surface area contributed by atoms with Crippen molar-refractivity contribution in [1.82, 2.24) is 0 Å². The highest BCUT2D eigenvalue weighted by molar-refractivity contribution is 5.96. The molecule has 2 aliphatic rings. The molecule has 0 aromatic rings. The predicted molar refractivity (Wildman–Crippen MR) is 44.4 cm³/mol. The van der Waals surface area contributed by atoms with Crippen LogP contribution in [0.4, 0.5) is 0 Å². The maximum Gasteiger partial charge on any atom is 0.163 e. The molecule has 0 bridgehead atoms. The van der Waals surface area contributed by atoms with Crippen LogP contribution in [0.25, 0.3) is 0 Å². The van der Waals surface area contributed by atoms with Gasteiger partial charge < -0.3 is 10.5 Å². The Balaban J connectivity index is 1.91. The fraction of sp³-hybridized carbons (Fsp3) is 0.667. The molecule has 0 unspecified atom stereocenters. The zero-order valence-corrected chi connectivity index (χ0v) is 7.01. The number of hydrogen-bond acceptors (Lipinski definition) is 3. The summed E-state index contributed by atoms with van der Waals surface area (Å²) in [6.45, 7) is 0.651. The lowest BCUT2D eigenvalue weighted by Gasteiger charge is -2.05. The third-order valence-electron chi connectivity index (χ3n) is 2.48. The van der Waals surface area contributed by atoms with E-state index in [1.165, 1.54) is 0 Å². The molecule has 3 nitrogen and oxygen atoms in total. The number of carbonyl (C=O) groups is 1. The van der Waals surface area contributed by atoms with Gasteiger partial charge in [-0.3, -0.25) is 4.79 Å². The zero-order chi connectivity index (χ0) is 8.60. The van der Waals surface area contributed by atoms with E-state index < -0.39 is 0 Å². The van der Waals surface area contributed by atoms with Crippen LogP contribution < -0.4 is 5.73 Å². The third kappa shape index (κ3) is 1.50. The average Bonchev–Trinajstić information content (AvgIpc) is 2.55. The highest BCUT2D eigenvalue weighted by atomic mass is 16.5. The van der Waals surface area contributed by atoms with Gasteiger partial charge in [0.25, 0.3) is 0 Å². The van der Waals surface area contributed by atoms with Crippen molar-refractivity contribution < 1.29 is 9.53 Å². The summed E-state index contributed by atoms with van der Waals surface area (Å²) in [5.41, 5.74) is 6.47. The Morgan fingerprint density at radius 3 is 2.92 bits per heavy atom. The molecule has 12 heavy (non-hydrogen) atoms. The number of rotatable bonds is 3. The van der Waals surface area contributed by atoms with Gasteiger partial charge in [-0.25, -0.2) is 0 Å². The molecular weight excluding hydrogens is 154 g/mol. The van der Waals surface area contributed by atoms with E-state index in [0.29, 0.717) is 13.0 Å². The van der Waals surface area contributed by atoms with Gasteiger partial charge in [-0.15, -0.1) is 0 Å². The third-order valence-corrected chi connectivity index (χ3v) is 2.48. The zero-order valence-electron chi connectivity index (χ0n) is 7.01. The molecule has 1 aliphatic heterocycles. The summed E-state index contributed by atoms with van der Waals surface area (Å²) in [7, 11) is 0. The minimum Gasteiger partial charge on any atom is -0.500 e. The molecule has 66 valence electrons. The van der Waals surface area contributed by atoms with E-state index in [1.54, 1.807) is 6.26 Å². The molecule has 0 atom stereocenters. The molecular formula is C9H13NO2. The van der Waals surface area contributed by atoms with E-state index in [1.807, 2.05) is 0 Å². The Hall–Kier alpha value is -0.830. The van der Waals surface area contributed by atoms with Gasteiger partial charge in [0.1, 0.15) is 0 Å². The SMILES string of the molecule is NC1(CC(=O)C2=COCC2)CC1. The molecule has 0 saturated heterocycles. The maximum absolute atomic E-state index is 11.5. The Morgan fingerprint density at radius 1 is 1.67 bits per heavy atom. The van der Waals surface area contributed by atoms with Crippen LogP contribution >= 0.6 is 0 Å². The normalized spacial score (nSPS) is 24.6. The summed E-state index contributed by atoms with van der Waals surface area (Å²) in [5.74, 6) is 0.174. The van der Waals surface area contributed by atoms with E-state index in [2.05, 4.69) is 0 Å². The van der Waals surface area contributed by atoms with Crippen molar-refractivity contribution in [3.05, 3.63) is 11.8 Å². The summed E-state index contributed by atoms with van der Waals surface area (Å²) in [6, 6.07) is 0. The molecule has 1 heterocycles. The Bertz CT molecular complexity index is 241. The van der Waals surface area contributed by atoms with Gasteiger partial charge in [-0.05, 0) is 12.8 Å². The summed E-state index contributed by atoms with van der Waals surface area (Å²) in [5, 5.41) is 0. The standard InChI is InChI=1S/C9H13NO2/c10-9(2-3-9)5-8(11)7-1-4-12-6-7/h6H,1-5,10H2. The second-order valence-corrected chi connectivity index (χ2v) is 3.73. The summed E-state index contributed by atoms with van der Waals surface area (Å²) >= 11 is 0. The molecule has 0 aromatic heterocycles. The van der Waals surface area contributed by atoms with Gasteiger partial charge in [-0.2, -0.15) is 0 Å². The summed E-state index contributed by atoms with van der Waals surface area (Å²) in [6.07, 6.45) is 4.82. The number of ether oxygens (including phenoxy) is 1. The van der Waals surface area contributed by atoms with Crippen molar-refractivity contribution in [2.24, 2.45) is 5.73 Å². The van der Waals surface area contributed by atoms with Crippen LogP contribution in [0.5, 0.6) is 0 Å². The van der Waals surface area contributed by atoms with Crippen molar-refractivity contribution >= 4 is 5.78 Å². The smallest absolute Gasteiger partial charge is 0.163 e. The molecule has 0 aromatic carbocycles. The Labute approximate surface area is 71.6 Å². The van der Waals surface area contributed by atoms with Gasteiger partial charge in [0, 0.05) is 24.0 Å². The first-order valence-corrected chi connectivity index (χ1v) is 4.32. The lowest BCUT2D eigenvalue weighted by atomic mass is 10.0. The van der Waals surface area contributed by atoms with E-state index in [9.17, 15) is 4.79 Å². The Kier molecular flexibility index (Phi) is 1.68. The number of nitrogens with two attached hydrogens (primary N) is 1. The molecule has 0 radical (unpaired) electrons. The van der Waals surface area contributed by atoms with Crippen LogP contribution in [0.3, 0.4) is 0 Å². The van der Waals surface area contributed by atoms with Gasteiger partial charge in [-0.1, -0.05) is 0 Å². The van der Waals surface area contributed by atoms with Gasteiger partial charge in [0.05, 0.1) is 12.9 Å². The molecule has 1 fully saturated rings. The Morgan fingerprint density at radius 2 is 2.42 bits per heavy atom. The summed E-state index contributed by atoms with van der Waals surface area (Å²) < 4.78 is 4.99. The molecule has 3 heteroatoms. The van der Waals surface area contributed by atoms with Gasteiger partial charge >= 0.3 is 0 Å². The molecule has 1 aliphatic carbocycles. The monoisotopic (exact) mass is 167 g/mol. The number of ketones is 1. The van der Waals surface area contributed by atoms with E-state index in [0.717, 1.165) is 24.8 Å². The molecule has 1 saturated carbocycles. The van der Waals surface area contributed by atoms with Crippen LogP contribution in [0.2, 0.25) is 0 Å². The van der Waals surface area contributed by atoms with E-state index >= 15 is 0 Å². The largest absolute Gasteiger partial charge is 0.500 e. The fourth-order valence-corrected chi connectivity index (χ4v) is 1.36. The second kappa shape index (κ2) is 2.59. The predicted octanol–water partition coefficient (Wildman–Crippen LogP) is 0.741. The van der Waals surface area contributed by atoms with Crippen LogP contribution in [-0.4, -0.2) is 17.9 Å². The molecule has 0 spiro atoms. The highest BCUT2D eigenvalue weighted by Crippen LogP contribution is 2.36. The van der Waals surface area contributed by atoms with Crippen molar-refractivity contribution in [3.63, 3.8) is 0 Å². The van der Waals surface area contributed by atoms with Crippen molar-refractivity contribution in [2.75, 3.05) is 6.61 Å². The van der Waals surface area contributed by atoms with Crippen molar-refractivity contribution in [3.8, 4) is 0 Å². The number of carbonyl (C=O) groups excluding carboxylic acids is 1. The minimum absolute atomic E-state index is 0.166. The van der Waals surface area contributed by atoms with E-state index in [-0.39, 0.29) is 11.3 Å². The lowest BCUT2D eigenvalue weighted by molar-refractivity contribution is -0.116. The van der Waals surface area contributed by atoms with Crippen LogP contribution in [0.15, 0.2) is 11.8 Å². The van der Waals surface area contributed by atoms with Gasteiger partial charge in [0.2, 0.25) is 0 Å². The number of hydrogen-bond donors (Lipinski definition) is 1. The highest BCUT2D eigenvalue weighted by Gasteiger charge is 2.40. The topological polar surface area (TPSA) is 52.3 Å². The van der Waals surface area contributed by atoms with Crippen LogP contribution in [0.1, 0.15) is 25.7 Å².